The third kappa shape index (κ3) is 4.64. The quantitative estimate of drug-likeness (QED) is 0.867. The highest BCUT2D eigenvalue weighted by Gasteiger charge is 2.21. The molecule has 5 nitrogen and oxygen atoms in total. The number of hydrogen-bond acceptors (Lipinski definition) is 5. The first-order valence-corrected chi connectivity index (χ1v) is 8.13. The van der Waals surface area contributed by atoms with Gasteiger partial charge in [-0.15, -0.1) is 0 Å². The Morgan fingerprint density at radius 2 is 1.86 bits per heavy atom. The van der Waals surface area contributed by atoms with E-state index in [0.29, 0.717) is 12.1 Å². The zero-order valence-electron chi connectivity index (χ0n) is 13.8. The first-order chi connectivity index (χ1) is 10.1. The summed E-state index contributed by atoms with van der Waals surface area (Å²) in [6.07, 6.45) is 4.96. The van der Waals surface area contributed by atoms with Crippen molar-refractivity contribution in [3.05, 3.63) is 18.1 Å². The van der Waals surface area contributed by atoms with E-state index < -0.39 is 0 Å². The maximum Gasteiger partial charge on any atom is 0.147 e. The van der Waals surface area contributed by atoms with Gasteiger partial charge in [0.05, 0.1) is 11.9 Å². The topological polar surface area (TPSA) is 44.3 Å². The number of aromatic nitrogens is 2. The second kappa shape index (κ2) is 7.71. The summed E-state index contributed by atoms with van der Waals surface area (Å²) in [5.74, 6) is 1.02. The van der Waals surface area contributed by atoms with Crippen molar-refractivity contribution in [2.24, 2.45) is 0 Å². The van der Waals surface area contributed by atoms with Crippen LogP contribution in [0.3, 0.4) is 0 Å². The third-order valence-electron chi connectivity index (χ3n) is 4.22. The summed E-state index contributed by atoms with van der Waals surface area (Å²) in [4.78, 5) is 14.0. The molecule has 0 amide bonds. The third-order valence-corrected chi connectivity index (χ3v) is 4.22. The van der Waals surface area contributed by atoms with E-state index in [1.54, 1.807) is 0 Å². The van der Waals surface area contributed by atoms with Crippen molar-refractivity contribution in [3.63, 3.8) is 0 Å². The highest BCUT2D eigenvalue weighted by atomic mass is 15.3. The Morgan fingerprint density at radius 3 is 2.48 bits per heavy atom. The highest BCUT2D eigenvalue weighted by Crippen LogP contribution is 2.15. The van der Waals surface area contributed by atoms with Crippen LogP contribution in [0.5, 0.6) is 0 Å². The number of nitrogens with zero attached hydrogens (tertiary/aromatic N) is 4. The standard InChI is InChI=1S/C16H29N5/c1-5-14(4)20-6-8-21(9-7-20)16-12-17-10-15(19-16)11-18-13(2)3/h10,12-14,18H,5-9,11H2,1-4H3. The van der Waals surface area contributed by atoms with E-state index in [2.05, 4.69) is 47.8 Å². The lowest BCUT2D eigenvalue weighted by atomic mass is 10.2. The van der Waals surface area contributed by atoms with Gasteiger partial charge in [0.25, 0.3) is 0 Å². The molecule has 1 fully saturated rings. The zero-order chi connectivity index (χ0) is 15.2. The van der Waals surface area contributed by atoms with Crippen molar-refractivity contribution in [1.82, 2.24) is 20.2 Å². The molecular formula is C16H29N5. The summed E-state index contributed by atoms with van der Waals surface area (Å²) >= 11 is 0. The smallest absolute Gasteiger partial charge is 0.147 e. The van der Waals surface area contributed by atoms with E-state index in [-0.39, 0.29) is 0 Å². The van der Waals surface area contributed by atoms with Crippen LogP contribution in [-0.2, 0) is 6.54 Å². The molecule has 1 aliphatic rings. The van der Waals surface area contributed by atoms with Crippen molar-refractivity contribution < 1.29 is 0 Å². The van der Waals surface area contributed by atoms with Gasteiger partial charge in [-0.3, -0.25) is 9.88 Å². The van der Waals surface area contributed by atoms with Gasteiger partial charge in [-0.05, 0) is 13.3 Å². The van der Waals surface area contributed by atoms with Gasteiger partial charge in [-0.25, -0.2) is 4.98 Å². The molecule has 1 unspecified atom stereocenters. The summed E-state index contributed by atoms with van der Waals surface area (Å²) in [6, 6.07) is 1.15. The summed E-state index contributed by atoms with van der Waals surface area (Å²) in [6.45, 7) is 14.0. The summed E-state index contributed by atoms with van der Waals surface area (Å²) in [5, 5.41) is 3.39. The lowest BCUT2D eigenvalue weighted by molar-refractivity contribution is 0.192. The molecule has 0 aromatic carbocycles. The molecule has 1 aliphatic heterocycles. The van der Waals surface area contributed by atoms with Gasteiger partial charge >= 0.3 is 0 Å². The molecule has 2 heterocycles. The first-order valence-electron chi connectivity index (χ1n) is 8.13. The molecule has 5 heteroatoms. The molecule has 0 spiro atoms. The second-order valence-corrected chi connectivity index (χ2v) is 6.18. The molecule has 1 aromatic rings. The summed E-state index contributed by atoms with van der Waals surface area (Å²) < 4.78 is 0. The second-order valence-electron chi connectivity index (χ2n) is 6.18. The Balaban J connectivity index is 1.92. The Kier molecular flexibility index (Phi) is 5.94. The van der Waals surface area contributed by atoms with Crippen LogP contribution in [-0.4, -0.2) is 53.1 Å². The van der Waals surface area contributed by atoms with Crippen LogP contribution >= 0.6 is 0 Å². The van der Waals surface area contributed by atoms with Crippen LogP contribution in [0.2, 0.25) is 0 Å². The average Bonchev–Trinajstić information content (AvgIpc) is 2.52. The van der Waals surface area contributed by atoms with Gasteiger partial charge in [0.1, 0.15) is 5.82 Å². The van der Waals surface area contributed by atoms with Crippen LogP contribution in [0.15, 0.2) is 12.4 Å². The number of nitrogens with one attached hydrogen (secondary N) is 1. The van der Waals surface area contributed by atoms with Gasteiger partial charge in [-0.1, -0.05) is 20.8 Å². The fraction of sp³-hybridized carbons (Fsp3) is 0.750. The lowest BCUT2D eigenvalue weighted by Gasteiger charge is -2.38. The molecule has 1 saturated heterocycles. The monoisotopic (exact) mass is 291 g/mol. The summed E-state index contributed by atoms with van der Waals surface area (Å²) in [5.41, 5.74) is 1.02. The molecule has 0 radical (unpaired) electrons. The molecule has 21 heavy (non-hydrogen) atoms. The molecule has 1 aromatic heterocycles. The van der Waals surface area contributed by atoms with E-state index in [4.69, 9.17) is 4.98 Å². The summed E-state index contributed by atoms with van der Waals surface area (Å²) in [7, 11) is 0. The van der Waals surface area contributed by atoms with Crippen molar-refractivity contribution in [3.8, 4) is 0 Å². The number of anilines is 1. The molecule has 118 valence electrons. The van der Waals surface area contributed by atoms with Crippen LogP contribution in [0, 0.1) is 0 Å². The van der Waals surface area contributed by atoms with E-state index in [9.17, 15) is 0 Å². The molecule has 1 atom stereocenters. The number of hydrogen-bond donors (Lipinski definition) is 1. The van der Waals surface area contributed by atoms with Crippen molar-refractivity contribution >= 4 is 5.82 Å². The zero-order valence-corrected chi connectivity index (χ0v) is 13.8. The van der Waals surface area contributed by atoms with Crippen molar-refractivity contribution in [2.75, 3.05) is 31.1 Å². The maximum absolute atomic E-state index is 4.74. The molecular weight excluding hydrogens is 262 g/mol. The van der Waals surface area contributed by atoms with Crippen molar-refractivity contribution in [1.29, 1.82) is 0 Å². The van der Waals surface area contributed by atoms with Crippen LogP contribution in [0.4, 0.5) is 5.82 Å². The van der Waals surface area contributed by atoms with Gasteiger partial charge in [-0.2, -0.15) is 0 Å². The minimum atomic E-state index is 0.467. The molecule has 0 bridgehead atoms. The Labute approximate surface area is 128 Å². The number of rotatable bonds is 6. The molecule has 0 saturated carbocycles. The first kappa shape index (κ1) is 16.2. The lowest BCUT2D eigenvalue weighted by Crippen LogP contribution is -2.49. The minimum Gasteiger partial charge on any atom is -0.353 e. The Bertz CT molecular complexity index is 426. The van der Waals surface area contributed by atoms with E-state index in [1.165, 1.54) is 6.42 Å². The molecule has 1 N–H and O–H groups in total. The van der Waals surface area contributed by atoms with Gasteiger partial charge in [0.15, 0.2) is 0 Å². The maximum atomic E-state index is 4.74. The van der Waals surface area contributed by atoms with Crippen LogP contribution < -0.4 is 10.2 Å². The van der Waals surface area contributed by atoms with Gasteiger partial charge < -0.3 is 10.2 Å². The van der Waals surface area contributed by atoms with E-state index in [1.807, 2.05) is 12.4 Å². The van der Waals surface area contributed by atoms with Crippen LogP contribution in [0.1, 0.15) is 39.8 Å². The van der Waals surface area contributed by atoms with Crippen molar-refractivity contribution in [2.45, 2.75) is 52.7 Å². The SMILES string of the molecule is CCC(C)N1CCN(c2cncc(CNC(C)C)n2)CC1. The molecule has 0 aliphatic carbocycles. The Morgan fingerprint density at radius 1 is 1.14 bits per heavy atom. The minimum absolute atomic E-state index is 0.467. The Hall–Kier alpha value is -1.20. The highest BCUT2D eigenvalue weighted by molar-refractivity contribution is 5.37. The fourth-order valence-corrected chi connectivity index (χ4v) is 2.59. The van der Waals surface area contributed by atoms with Crippen LogP contribution in [0.25, 0.3) is 0 Å². The van der Waals surface area contributed by atoms with Gasteiger partial charge in [0.2, 0.25) is 0 Å². The van der Waals surface area contributed by atoms with E-state index >= 15 is 0 Å². The average molecular weight is 291 g/mol. The van der Waals surface area contributed by atoms with Gasteiger partial charge in [0, 0.05) is 51.0 Å². The number of piperazine rings is 1. The molecule has 2 rings (SSSR count). The van der Waals surface area contributed by atoms with E-state index in [0.717, 1.165) is 44.2 Å². The fourth-order valence-electron chi connectivity index (χ4n) is 2.59. The largest absolute Gasteiger partial charge is 0.353 e. The predicted octanol–water partition coefficient (Wildman–Crippen LogP) is 1.90. The predicted molar refractivity (Wildman–Crippen MR) is 87.5 cm³/mol. The normalized spacial score (nSPS) is 18.2.